The summed E-state index contributed by atoms with van der Waals surface area (Å²) in [5, 5.41) is 4.37. The van der Waals surface area contributed by atoms with Crippen molar-refractivity contribution in [3.63, 3.8) is 0 Å². The van der Waals surface area contributed by atoms with Gasteiger partial charge in [-0.2, -0.15) is 0 Å². The molecule has 2 rings (SSSR count). The zero-order valence-electron chi connectivity index (χ0n) is 11.1. The van der Waals surface area contributed by atoms with E-state index < -0.39 is 0 Å². The minimum Gasteiger partial charge on any atom is -0.497 e. The van der Waals surface area contributed by atoms with Crippen molar-refractivity contribution in [2.75, 3.05) is 18.2 Å². The van der Waals surface area contributed by atoms with Gasteiger partial charge in [-0.1, -0.05) is 31.7 Å². The van der Waals surface area contributed by atoms with E-state index >= 15 is 0 Å². The van der Waals surface area contributed by atoms with Gasteiger partial charge in [0.2, 0.25) is 0 Å². The van der Waals surface area contributed by atoms with Gasteiger partial charge in [0.1, 0.15) is 5.75 Å². The number of nitrogens with zero attached hydrogens (tertiary/aromatic N) is 1. The predicted octanol–water partition coefficient (Wildman–Crippen LogP) is 3.62. The zero-order chi connectivity index (χ0) is 13.0. The van der Waals surface area contributed by atoms with Crippen LogP contribution in [-0.2, 0) is 0 Å². The maximum absolute atomic E-state index is 5.21. The van der Waals surface area contributed by atoms with Gasteiger partial charge in [0, 0.05) is 17.5 Å². The van der Waals surface area contributed by atoms with E-state index in [0.717, 1.165) is 28.8 Å². The molecule has 0 saturated carbocycles. The largest absolute Gasteiger partial charge is 0.497 e. The monoisotopic (exact) mass is 264 g/mol. The highest BCUT2D eigenvalue weighted by molar-refractivity contribution is 8.14. The van der Waals surface area contributed by atoms with E-state index in [2.05, 4.69) is 19.2 Å². The molecule has 0 spiro atoms. The highest BCUT2D eigenvalue weighted by Crippen LogP contribution is 2.25. The van der Waals surface area contributed by atoms with Crippen LogP contribution in [0.5, 0.6) is 5.75 Å². The van der Waals surface area contributed by atoms with Crippen LogP contribution in [0.1, 0.15) is 20.3 Å². The summed E-state index contributed by atoms with van der Waals surface area (Å²) in [5.74, 6) is 2.66. The van der Waals surface area contributed by atoms with Gasteiger partial charge < -0.3 is 10.1 Å². The summed E-state index contributed by atoms with van der Waals surface area (Å²) < 4.78 is 5.21. The molecular weight excluding hydrogens is 244 g/mol. The van der Waals surface area contributed by atoms with Crippen molar-refractivity contribution in [3.8, 4) is 5.75 Å². The van der Waals surface area contributed by atoms with Crippen LogP contribution in [0.15, 0.2) is 29.3 Å². The van der Waals surface area contributed by atoms with Crippen LogP contribution in [0.2, 0.25) is 0 Å². The van der Waals surface area contributed by atoms with Crippen molar-refractivity contribution in [3.05, 3.63) is 24.3 Å². The van der Waals surface area contributed by atoms with Crippen molar-refractivity contribution >= 4 is 22.6 Å². The van der Waals surface area contributed by atoms with Gasteiger partial charge in [-0.15, -0.1) is 0 Å². The van der Waals surface area contributed by atoms with Gasteiger partial charge in [0.15, 0.2) is 5.17 Å². The molecule has 0 saturated heterocycles. The van der Waals surface area contributed by atoms with Gasteiger partial charge in [0.25, 0.3) is 0 Å². The SMILES string of the molecule is COc1cccc(NC2=NC(CC(C)C)CS2)c1. The number of aliphatic imine (C=N–C) groups is 1. The van der Waals surface area contributed by atoms with Crippen molar-refractivity contribution in [2.24, 2.45) is 10.9 Å². The first-order valence-electron chi connectivity index (χ1n) is 6.29. The van der Waals surface area contributed by atoms with E-state index in [1.807, 2.05) is 24.3 Å². The lowest BCUT2D eigenvalue weighted by atomic mass is 10.1. The second-order valence-corrected chi connectivity index (χ2v) is 5.89. The first-order valence-corrected chi connectivity index (χ1v) is 7.27. The van der Waals surface area contributed by atoms with Gasteiger partial charge in [0.05, 0.1) is 13.2 Å². The first-order chi connectivity index (χ1) is 8.67. The standard InChI is InChI=1S/C14H20N2OS/c1-10(2)7-12-9-18-14(16-12)15-11-5-4-6-13(8-11)17-3/h4-6,8,10,12H,7,9H2,1-3H3,(H,15,16). The fraction of sp³-hybridized carbons (Fsp3) is 0.500. The van der Waals surface area contributed by atoms with E-state index in [-0.39, 0.29) is 0 Å². The molecular formula is C14H20N2OS. The number of rotatable bonds is 4. The second-order valence-electron chi connectivity index (χ2n) is 4.89. The summed E-state index contributed by atoms with van der Waals surface area (Å²) in [6.45, 7) is 4.49. The number of thioether (sulfide) groups is 1. The Kier molecular flexibility index (Phi) is 4.53. The molecule has 98 valence electrons. The average Bonchev–Trinajstić information content (AvgIpc) is 2.76. The normalized spacial score (nSPS) is 18.9. The lowest BCUT2D eigenvalue weighted by Crippen LogP contribution is -2.08. The quantitative estimate of drug-likeness (QED) is 0.901. The third kappa shape index (κ3) is 3.67. The van der Waals surface area contributed by atoms with E-state index in [4.69, 9.17) is 9.73 Å². The molecule has 0 bridgehead atoms. The maximum atomic E-state index is 5.21. The van der Waals surface area contributed by atoms with E-state index in [1.54, 1.807) is 18.9 Å². The van der Waals surface area contributed by atoms with Crippen molar-refractivity contribution < 1.29 is 4.74 Å². The molecule has 1 heterocycles. The Hall–Kier alpha value is -1.16. The van der Waals surface area contributed by atoms with Crippen molar-refractivity contribution in [1.29, 1.82) is 0 Å². The summed E-state index contributed by atoms with van der Waals surface area (Å²) in [5.41, 5.74) is 1.03. The molecule has 1 unspecified atom stereocenters. The Morgan fingerprint density at radius 1 is 1.50 bits per heavy atom. The van der Waals surface area contributed by atoms with E-state index in [9.17, 15) is 0 Å². The molecule has 1 aliphatic heterocycles. The van der Waals surface area contributed by atoms with Gasteiger partial charge >= 0.3 is 0 Å². The molecule has 1 aliphatic rings. The van der Waals surface area contributed by atoms with Crippen LogP contribution < -0.4 is 10.1 Å². The maximum Gasteiger partial charge on any atom is 0.161 e. The summed E-state index contributed by atoms with van der Waals surface area (Å²) in [7, 11) is 1.68. The van der Waals surface area contributed by atoms with Crippen molar-refractivity contribution in [1.82, 2.24) is 0 Å². The Labute approximate surface area is 113 Å². The summed E-state index contributed by atoms with van der Waals surface area (Å²) in [6.07, 6.45) is 1.16. The van der Waals surface area contributed by atoms with Crippen molar-refractivity contribution in [2.45, 2.75) is 26.3 Å². The molecule has 1 N–H and O–H groups in total. The minimum absolute atomic E-state index is 0.461. The van der Waals surface area contributed by atoms with Crippen LogP contribution >= 0.6 is 11.8 Å². The summed E-state index contributed by atoms with van der Waals surface area (Å²) >= 11 is 1.80. The first kappa shape index (κ1) is 13.3. The molecule has 3 nitrogen and oxygen atoms in total. The molecule has 1 aromatic rings. The zero-order valence-corrected chi connectivity index (χ0v) is 12.0. The number of ether oxygens (including phenoxy) is 1. The summed E-state index contributed by atoms with van der Waals surface area (Å²) in [4.78, 5) is 4.71. The van der Waals surface area contributed by atoms with Crippen LogP contribution in [0.4, 0.5) is 5.69 Å². The van der Waals surface area contributed by atoms with E-state index in [0.29, 0.717) is 12.0 Å². The number of benzene rings is 1. The van der Waals surface area contributed by atoms with Gasteiger partial charge in [-0.05, 0) is 24.5 Å². The average molecular weight is 264 g/mol. The molecule has 18 heavy (non-hydrogen) atoms. The molecule has 1 aromatic carbocycles. The molecule has 0 fully saturated rings. The fourth-order valence-electron chi connectivity index (χ4n) is 1.97. The molecule has 1 atom stereocenters. The Morgan fingerprint density at radius 2 is 2.33 bits per heavy atom. The third-order valence-electron chi connectivity index (χ3n) is 2.78. The lowest BCUT2D eigenvalue weighted by Gasteiger charge is -2.08. The summed E-state index contributed by atoms with van der Waals surface area (Å²) in [6, 6.07) is 8.40. The van der Waals surface area contributed by atoms with Crippen LogP contribution in [0.3, 0.4) is 0 Å². The van der Waals surface area contributed by atoms with Crippen LogP contribution in [0, 0.1) is 5.92 Å². The molecule has 0 radical (unpaired) electrons. The topological polar surface area (TPSA) is 33.6 Å². The molecule has 0 amide bonds. The molecule has 0 aromatic heterocycles. The number of anilines is 1. The highest BCUT2D eigenvalue weighted by atomic mass is 32.2. The lowest BCUT2D eigenvalue weighted by molar-refractivity contribution is 0.415. The van der Waals surface area contributed by atoms with Crippen LogP contribution in [-0.4, -0.2) is 24.1 Å². The Morgan fingerprint density at radius 3 is 3.06 bits per heavy atom. The molecule has 4 heteroatoms. The Balaban J connectivity index is 1.97. The third-order valence-corrected chi connectivity index (χ3v) is 3.81. The smallest absolute Gasteiger partial charge is 0.161 e. The van der Waals surface area contributed by atoms with Gasteiger partial charge in [-0.3, -0.25) is 4.99 Å². The Bertz CT molecular complexity index is 432. The second kappa shape index (κ2) is 6.14. The van der Waals surface area contributed by atoms with Crippen LogP contribution in [0.25, 0.3) is 0 Å². The fourth-order valence-corrected chi connectivity index (χ4v) is 2.95. The number of nitrogens with one attached hydrogen (secondary N) is 1. The number of hydrogen-bond donors (Lipinski definition) is 1. The highest BCUT2D eigenvalue weighted by Gasteiger charge is 2.19. The molecule has 0 aliphatic carbocycles. The predicted molar refractivity (Wildman–Crippen MR) is 79.8 cm³/mol. The minimum atomic E-state index is 0.461. The number of hydrogen-bond acceptors (Lipinski definition) is 4. The number of amidine groups is 1. The number of methoxy groups -OCH3 is 1. The van der Waals surface area contributed by atoms with Gasteiger partial charge in [-0.25, -0.2) is 0 Å². The van der Waals surface area contributed by atoms with E-state index in [1.165, 1.54) is 0 Å².